The van der Waals surface area contributed by atoms with Gasteiger partial charge in [-0.25, -0.2) is 0 Å². The lowest BCUT2D eigenvalue weighted by Gasteiger charge is -2.25. The van der Waals surface area contributed by atoms with E-state index >= 15 is 0 Å². The van der Waals surface area contributed by atoms with Gasteiger partial charge in [0.15, 0.2) is 0 Å². The van der Waals surface area contributed by atoms with Crippen LogP contribution in [0.1, 0.15) is 45.6 Å². The summed E-state index contributed by atoms with van der Waals surface area (Å²) in [4.78, 5) is 4.48. The first kappa shape index (κ1) is 21.0. The summed E-state index contributed by atoms with van der Waals surface area (Å²) in [6, 6.07) is 6.20. The van der Waals surface area contributed by atoms with Gasteiger partial charge < -0.3 is 14.8 Å². The second kappa shape index (κ2) is 10.7. The Bertz CT molecular complexity index is 726. The number of hydrogen-bond acceptors (Lipinski definition) is 4. The van der Waals surface area contributed by atoms with E-state index in [1.165, 1.54) is 5.56 Å². The molecule has 0 spiro atoms. The summed E-state index contributed by atoms with van der Waals surface area (Å²) < 4.78 is 11.7. The number of hydrogen-bond donors (Lipinski definition) is 1. The number of allylic oxidation sites excluding steroid dienone is 3. The molecule has 0 atom stereocenters. The van der Waals surface area contributed by atoms with Gasteiger partial charge in [0.05, 0.1) is 24.6 Å². The van der Waals surface area contributed by atoms with Crippen LogP contribution in [0.25, 0.3) is 0 Å². The van der Waals surface area contributed by atoms with Gasteiger partial charge in [0.2, 0.25) is 0 Å². The largest absolute Gasteiger partial charge is 0.488 e. The van der Waals surface area contributed by atoms with Crippen LogP contribution in [0.15, 0.2) is 58.9 Å². The van der Waals surface area contributed by atoms with Gasteiger partial charge in [0, 0.05) is 24.8 Å². The van der Waals surface area contributed by atoms with Gasteiger partial charge in [0.25, 0.3) is 0 Å². The maximum Gasteiger partial charge on any atom is 0.143 e. The van der Waals surface area contributed by atoms with Gasteiger partial charge in [-0.15, -0.1) is 0 Å². The lowest BCUT2D eigenvalue weighted by atomic mass is 10.1. The fraction of sp³-hybridized carbons (Fsp3) is 0.435. The van der Waals surface area contributed by atoms with Crippen molar-refractivity contribution in [3.8, 4) is 5.75 Å². The van der Waals surface area contributed by atoms with E-state index in [1.807, 2.05) is 26.0 Å². The van der Waals surface area contributed by atoms with Crippen molar-refractivity contribution in [1.29, 1.82) is 0 Å². The van der Waals surface area contributed by atoms with Gasteiger partial charge in [-0.1, -0.05) is 25.6 Å². The highest BCUT2D eigenvalue weighted by Gasteiger charge is 2.17. The van der Waals surface area contributed by atoms with Crippen LogP contribution >= 0.6 is 0 Å². The second-order valence-electron chi connectivity index (χ2n) is 6.74. The third-order valence-electron chi connectivity index (χ3n) is 4.50. The highest BCUT2D eigenvalue weighted by Crippen LogP contribution is 2.31. The third-order valence-corrected chi connectivity index (χ3v) is 4.50. The summed E-state index contributed by atoms with van der Waals surface area (Å²) in [5.41, 5.74) is 4.83. The van der Waals surface area contributed by atoms with Gasteiger partial charge in [-0.2, -0.15) is 0 Å². The van der Waals surface area contributed by atoms with E-state index in [1.54, 1.807) is 6.21 Å². The quantitative estimate of drug-likeness (QED) is 0.465. The number of anilines is 1. The lowest BCUT2D eigenvalue weighted by Crippen LogP contribution is -2.26. The molecule has 1 N–H and O–H groups in total. The molecule has 1 aliphatic heterocycles. The minimum absolute atomic E-state index is 0.193. The van der Waals surface area contributed by atoms with Gasteiger partial charge in [-0.3, -0.25) is 4.99 Å². The first-order valence-electron chi connectivity index (χ1n) is 9.72. The summed E-state index contributed by atoms with van der Waals surface area (Å²) in [5, 5.41) is 3.43. The average Bonchev–Trinajstić information content (AvgIpc) is 2.67. The first-order valence-corrected chi connectivity index (χ1v) is 9.72. The molecule has 1 fully saturated rings. The molecule has 1 saturated heterocycles. The number of ether oxygens (including phenoxy) is 2. The summed E-state index contributed by atoms with van der Waals surface area (Å²) >= 11 is 0. The molecule has 146 valence electrons. The predicted octanol–water partition coefficient (Wildman–Crippen LogP) is 5.81. The van der Waals surface area contributed by atoms with E-state index in [0.717, 1.165) is 60.9 Å². The predicted molar refractivity (Wildman–Crippen MR) is 115 cm³/mol. The Balaban J connectivity index is 2.22. The fourth-order valence-electron chi connectivity index (χ4n) is 2.85. The normalized spacial score (nSPS) is 16.6. The van der Waals surface area contributed by atoms with Crippen molar-refractivity contribution >= 4 is 11.9 Å². The summed E-state index contributed by atoms with van der Waals surface area (Å²) in [6.07, 6.45) is 8.95. The van der Waals surface area contributed by atoms with Crippen LogP contribution < -0.4 is 10.1 Å². The zero-order chi connectivity index (χ0) is 19.6. The molecule has 0 saturated carbocycles. The monoisotopic (exact) mass is 368 g/mol. The fourth-order valence-corrected chi connectivity index (χ4v) is 2.85. The molecule has 0 aromatic heterocycles. The number of nitrogens with one attached hydrogen (secondary N) is 1. The molecule has 1 aliphatic rings. The van der Waals surface area contributed by atoms with Crippen LogP contribution in [-0.2, 0) is 4.74 Å². The Morgan fingerprint density at radius 3 is 2.78 bits per heavy atom. The number of nitrogens with zero attached hydrogens (tertiary/aromatic N) is 1. The molecular weight excluding hydrogens is 336 g/mol. The Morgan fingerprint density at radius 2 is 2.11 bits per heavy atom. The first-order chi connectivity index (χ1) is 13.0. The highest BCUT2D eigenvalue weighted by molar-refractivity contribution is 5.64. The van der Waals surface area contributed by atoms with E-state index in [0.29, 0.717) is 0 Å². The van der Waals surface area contributed by atoms with Crippen molar-refractivity contribution in [1.82, 2.24) is 0 Å². The molecule has 1 aromatic carbocycles. The molecule has 0 amide bonds. The molecule has 0 unspecified atom stereocenters. The smallest absolute Gasteiger partial charge is 0.143 e. The minimum Gasteiger partial charge on any atom is -0.488 e. The van der Waals surface area contributed by atoms with Crippen LogP contribution in [0.3, 0.4) is 0 Å². The molecule has 0 radical (unpaired) electrons. The Hall–Kier alpha value is -2.33. The summed E-state index contributed by atoms with van der Waals surface area (Å²) in [5.74, 6) is 0.862. The number of aliphatic imine (C=N–C) groups is 1. The molecule has 1 heterocycles. The van der Waals surface area contributed by atoms with Crippen LogP contribution in [0.4, 0.5) is 5.69 Å². The van der Waals surface area contributed by atoms with Gasteiger partial charge in [-0.05, 0) is 56.5 Å². The van der Waals surface area contributed by atoms with Crippen molar-refractivity contribution in [2.45, 2.75) is 53.1 Å². The van der Waals surface area contributed by atoms with E-state index in [4.69, 9.17) is 9.47 Å². The Kier molecular flexibility index (Phi) is 8.34. The minimum atomic E-state index is 0.193. The molecule has 4 heteroatoms. The topological polar surface area (TPSA) is 42.8 Å². The number of aryl methyl sites for hydroxylation is 1. The van der Waals surface area contributed by atoms with Crippen molar-refractivity contribution in [3.05, 3.63) is 59.5 Å². The third kappa shape index (κ3) is 6.40. The van der Waals surface area contributed by atoms with Crippen LogP contribution in [-0.4, -0.2) is 25.5 Å². The van der Waals surface area contributed by atoms with Crippen molar-refractivity contribution in [2.75, 3.05) is 18.5 Å². The van der Waals surface area contributed by atoms with E-state index in [-0.39, 0.29) is 6.10 Å². The summed E-state index contributed by atoms with van der Waals surface area (Å²) in [7, 11) is 0. The Morgan fingerprint density at radius 1 is 1.37 bits per heavy atom. The highest BCUT2D eigenvalue weighted by atomic mass is 16.5. The maximum absolute atomic E-state index is 6.28. The molecule has 0 aliphatic carbocycles. The lowest BCUT2D eigenvalue weighted by molar-refractivity contribution is 0.0258. The zero-order valence-corrected chi connectivity index (χ0v) is 17.0. The van der Waals surface area contributed by atoms with Crippen molar-refractivity contribution in [2.24, 2.45) is 4.99 Å². The van der Waals surface area contributed by atoms with Crippen LogP contribution in [0, 0.1) is 6.92 Å². The van der Waals surface area contributed by atoms with E-state index < -0.39 is 0 Å². The molecule has 4 nitrogen and oxygen atoms in total. The molecule has 2 rings (SSSR count). The number of rotatable bonds is 8. The van der Waals surface area contributed by atoms with Crippen molar-refractivity contribution < 1.29 is 9.47 Å². The second-order valence-corrected chi connectivity index (χ2v) is 6.74. The molecular formula is C23H32N2O2. The zero-order valence-electron chi connectivity index (χ0n) is 17.0. The summed E-state index contributed by atoms with van der Waals surface area (Å²) in [6.45, 7) is 13.9. The van der Waals surface area contributed by atoms with E-state index in [2.05, 4.69) is 48.9 Å². The molecule has 0 bridgehead atoms. The maximum atomic E-state index is 6.28. The van der Waals surface area contributed by atoms with Crippen LogP contribution in [0.5, 0.6) is 5.75 Å². The molecule has 1 aromatic rings. The van der Waals surface area contributed by atoms with E-state index in [9.17, 15) is 0 Å². The molecule has 27 heavy (non-hydrogen) atoms. The van der Waals surface area contributed by atoms with Crippen LogP contribution in [0.2, 0.25) is 0 Å². The number of benzene rings is 1. The average molecular weight is 369 g/mol. The SMILES string of the molecule is C=C(Nc1ccc(C)cc1OC1CCOCC1)/C(C)=C(/C=C\CC)N=CC. The van der Waals surface area contributed by atoms with Gasteiger partial charge in [0.1, 0.15) is 11.9 Å². The standard InChI is InChI=1S/C23H32N2O2/c1-6-8-9-21(24-7-2)18(4)19(5)25-22-11-10-17(3)16-23(22)27-20-12-14-26-15-13-20/h7-11,16,20,25H,5-6,12-15H2,1-4H3/b9-8-,21-18-,24-7?. The Labute approximate surface area is 163 Å². The van der Waals surface area contributed by atoms with Gasteiger partial charge >= 0.3 is 0 Å². The van der Waals surface area contributed by atoms with Crippen molar-refractivity contribution in [3.63, 3.8) is 0 Å².